The highest BCUT2D eigenvalue weighted by atomic mass is 32.2. The molecule has 33 heavy (non-hydrogen) atoms. The van der Waals surface area contributed by atoms with Crippen LogP contribution in [0.2, 0.25) is 0 Å². The summed E-state index contributed by atoms with van der Waals surface area (Å²) in [5.41, 5.74) is 1.46. The first kappa shape index (κ1) is 23.9. The number of amides is 1. The molecule has 0 bridgehead atoms. The molecule has 1 atom stereocenters. The third-order valence-corrected chi connectivity index (χ3v) is 8.90. The number of carbonyl (C=O) groups is 1. The number of ether oxygens (including phenoxy) is 2. The van der Waals surface area contributed by atoms with Crippen LogP contribution in [-0.2, 0) is 19.6 Å². The molecule has 2 heterocycles. The van der Waals surface area contributed by atoms with Gasteiger partial charge in [-0.1, -0.05) is 19.1 Å². The van der Waals surface area contributed by atoms with Crippen LogP contribution in [0.3, 0.4) is 0 Å². The number of nitrogens with zero attached hydrogens (tertiary/aromatic N) is 2. The van der Waals surface area contributed by atoms with Crippen LogP contribution in [0.4, 0.5) is 11.4 Å². The van der Waals surface area contributed by atoms with E-state index in [0.717, 1.165) is 17.0 Å². The second-order valence-electron chi connectivity index (χ2n) is 7.97. The van der Waals surface area contributed by atoms with Gasteiger partial charge in [-0.15, -0.1) is 11.8 Å². The molecule has 8 nitrogen and oxygen atoms in total. The molecule has 1 unspecified atom stereocenters. The second kappa shape index (κ2) is 10.3. The lowest BCUT2D eigenvalue weighted by Crippen LogP contribution is -2.40. The highest BCUT2D eigenvalue weighted by Crippen LogP contribution is 2.37. The zero-order chi connectivity index (χ0) is 23.4. The molecule has 0 radical (unpaired) electrons. The average Bonchev–Trinajstić information content (AvgIpc) is 3.01. The summed E-state index contributed by atoms with van der Waals surface area (Å²) in [6.45, 7) is 4.19. The molecule has 1 fully saturated rings. The van der Waals surface area contributed by atoms with Gasteiger partial charge in [-0.25, -0.2) is 8.42 Å². The fourth-order valence-corrected chi connectivity index (χ4v) is 6.64. The van der Waals surface area contributed by atoms with E-state index in [1.807, 2.05) is 29.2 Å². The highest BCUT2D eigenvalue weighted by Gasteiger charge is 2.30. The maximum Gasteiger partial charge on any atom is 0.246 e. The van der Waals surface area contributed by atoms with E-state index >= 15 is 0 Å². The van der Waals surface area contributed by atoms with Gasteiger partial charge in [0.25, 0.3) is 0 Å². The number of morpholine rings is 1. The van der Waals surface area contributed by atoms with E-state index < -0.39 is 10.0 Å². The number of hydrogen-bond donors (Lipinski definition) is 1. The lowest BCUT2D eigenvalue weighted by molar-refractivity contribution is -0.117. The molecule has 4 rings (SSSR count). The van der Waals surface area contributed by atoms with Gasteiger partial charge in [-0.2, -0.15) is 4.31 Å². The SMILES string of the molecule is COc1ccc(NCC(=O)N2CCC(C)Sc3ccccc32)cc1S(=O)(=O)N1CCOCC1. The number of carbonyl (C=O) groups excluding carboxylic acids is 1. The molecule has 2 aliphatic heterocycles. The number of methoxy groups -OCH3 is 1. The third kappa shape index (κ3) is 5.29. The number of sulfonamides is 1. The molecule has 1 amide bonds. The Hall–Kier alpha value is -2.27. The Balaban J connectivity index is 1.52. The molecule has 2 aromatic carbocycles. The van der Waals surface area contributed by atoms with Crippen LogP contribution in [0.5, 0.6) is 5.75 Å². The summed E-state index contributed by atoms with van der Waals surface area (Å²) in [4.78, 5) is 16.1. The number of anilines is 2. The predicted molar refractivity (Wildman–Crippen MR) is 130 cm³/mol. The minimum Gasteiger partial charge on any atom is -0.495 e. The molecule has 178 valence electrons. The van der Waals surface area contributed by atoms with Crippen molar-refractivity contribution < 1.29 is 22.7 Å². The quantitative estimate of drug-likeness (QED) is 0.664. The zero-order valence-corrected chi connectivity index (χ0v) is 20.5. The molecule has 2 aromatic rings. The zero-order valence-electron chi connectivity index (χ0n) is 18.8. The predicted octanol–water partition coefficient (Wildman–Crippen LogP) is 3.05. The van der Waals surface area contributed by atoms with Crippen molar-refractivity contribution in [1.29, 1.82) is 0 Å². The second-order valence-corrected chi connectivity index (χ2v) is 11.4. The summed E-state index contributed by atoms with van der Waals surface area (Å²) in [6.07, 6.45) is 0.898. The first-order chi connectivity index (χ1) is 15.9. The maximum absolute atomic E-state index is 13.2. The summed E-state index contributed by atoms with van der Waals surface area (Å²) in [6, 6.07) is 12.8. The first-order valence-electron chi connectivity index (χ1n) is 11.0. The van der Waals surface area contributed by atoms with Gasteiger partial charge in [0.2, 0.25) is 15.9 Å². The number of para-hydroxylation sites is 1. The Morgan fingerprint density at radius 1 is 1.18 bits per heavy atom. The van der Waals surface area contributed by atoms with Crippen LogP contribution >= 0.6 is 11.8 Å². The fraction of sp³-hybridized carbons (Fsp3) is 0.435. The molecular weight excluding hydrogens is 462 g/mol. The first-order valence-corrected chi connectivity index (χ1v) is 13.3. The third-order valence-electron chi connectivity index (χ3n) is 5.74. The van der Waals surface area contributed by atoms with E-state index in [0.29, 0.717) is 43.8 Å². The molecule has 0 aliphatic carbocycles. The lowest BCUT2D eigenvalue weighted by Gasteiger charge is -2.27. The Kier molecular flexibility index (Phi) is 7.48. The standard InChI is InChI=1S/C23H29N3O5S2/c1-17-9-10-26(19-5-3-4-6-21(19)32-17)23(27)16-24-18-7-8-20(30-2)22(15-18)33(28,29)25-11-13-31-14-12-25/h3-8,15,17,24H,9-14,16H2,1-2H3. The normalized spacial score (nSPS) is 19.5. The van der Waals surface area contributed by atoms with Gasteiger partial charge in [-0.3, -0.25) is 4.79 Å². The van der Waals surface area contributed by atoms with Crippen LogP contribution in [-0.4, -0.2) is 70.4 Å². The molecule has 0 saturated carbocycles. The summed E-state index contributed by atoms with van der Waals surface area (Å²) in [5.74, 6) is 0.205. The van der Waals surface area contributed by atoms with Gasteiger partial charge >= 0.3 is 0 Å². The van der Waals surface area contributed by atoms with Crippen molar-refractivity contribution in [3.8, 4) is 5.75 Å². The van der Waals surface area contributed by atoms with Gasteiger partial charge in [0, 0.05) is 35.5 Å². The van der Waals surface area contributed by atoms with Crippen molar-refractivity contribution in [2.24, 2.45) is 0 Å². The van der Waals surface area contributed by atoms with Crippen LogP contribution < -0.4 is 15.0 Å². The molecule has 0 spiro atoms. The van der Waals surface area contributed by atoms with Gasteiger partial charge in [0.15, 0.2) is 0 Å². The van der Waals surface area contributed by atoms with Gasteiger partial charge in [0.05, 0.1) is 32.6 Å². The van der Waals surface area contributed by atoms with Crippen LogP contribution in [0.15, 0.2) is 52.3 Å². The Labute approximate surface area is 199 Å². The minimum absolute atomic E-state index is 0.0523. The van der Waals surface area contributed by atoms with Crippen LogP contribution in [0.25, 0.3) is 0 Å². The van der Waals surface area contributed by atoms with Crippen molar-refractivity contribution in [3.05, 3.63) is 42.5 Å². The van der Waals surface area contributed by atoms with Gasteiger partial charge in [-0.05, 0) is 36.8 Å². The van der Waals surface area contributed by atoms with E-state index in [9.17, 15) is 13.2 Å². The maximum atomic E-state index is 13.2. The number of nitrogens with one attached hydrogen (secondary N) is 1. The fourth-order valence-electron chi connectivity index (χ4n) is 3.93. The number of rotatable bonds is 6. The topological polar surface area (TPSA) is 88.2 Å². The Morgan fingerprint density at radius 3 is 2.70 bits per heavy atom. The van der Waals surface area contributed by atoms with Gasteiger partial charge in [0.1, 0.15) is 10.6 Å². The van der Waals surface area contributed by atoms with Crippen molar-refractivity contribution in [2.75, 3.05) is 56.7 Å². The molecule has 0 aromatic heterocycles. The highest BCUT2D eigenvalue weighted by molar-refractivity contribution is 8.00. The molecule has 1 saturated heterocycles. The van der Waals surface area contributed by atoms with Crippen molar-refractivity contribution in [2.45, 2.75) is 28.4 Å². The van der Waals surface area contributed by atoms with Crippen molar-refractivity contribution in [1.82, 2.24) is 4.31 Å². The molecule has 10 heteroatoms. The smallest absolute Gasteiger partial charge is 0.246 e. The lowest BCUT2D eigenvalue weighted by atomic mass is 10.2. The average molecular weight is 492 g/mol. The molecule has 2 aliphatic rings. The van der Waals surface area contributed by atoms with Crippen molar-refractivity contribution in [3.63, 3.8) is 0 Å². The Bertz CT molecular complexity index is 1100. The summed E-state index contributed by atoms with van der Waals surface area (Å²) in [5, 5.41) is 3.53. The minimum atomic E-state index is -3.75. The van der Waals surface area contributed by atoms with E-state index in [-0.39, 0.29) is 23.1 Å². The number of benzene rings is 2. The van der Waals surface area contributed by atoms with Crippen molar-refractivity contribution >= 4 is 39.1 Å². The number of thioether (sulfide) groups is 1. The van der Waals surface area contributed by atoms with E-state index in [1.165, 1.54) is 17.5 Å². The van der Waals surface area contributed by atoms with E-state index in [2.05, 4.69) is 12.2 Å². The summed E-state index contributed by atoms with van der Waals surface area (Å²) >= 11 is 1.78. The molecular formula is C23H29N3O5S2. The number of hydrogen-bond acceptors (Lipinski definition) is 7. The number of fused-ring (bicyclic) bond motifs is 1. The largest absolute Gasteiger partial charge is 0.495 e. The summed E-state index contributed by atoms with van der Waals surface area (Å²) in [7, 11) is -2.30. The van der Waals surface area contributed by atoms with E-state index in [4.69, 9.17) is 9.47 Å². The van der Waals surface area contributed by atoms with E-state index in [1.54, 1.807) is 23.9 Å². The van der Waals surface area contributed by atoms with Crippen LogP contribution in [0, 0.1) is 0 Å². The molecule has 1 N–H and O–H groups in total. The van der Waals surface area contributed by atoms with Gasteiger partial charge < -0.3 is 19.7 Å². The summed E-state index contributed by atoms with van der Waals surface area (Å²) < 4.78 is 38.4. The van der Waals surface area contributed by atoms with Crippen LogP contribution in [0.1, 0.15) is 13.3 Å². The Morgan fingerprint density at radius 2 is 1.94 bits per heavy atom. The monoisotopic (exact) mass is 491 g/mol.